The third kappa shape index (κ3) is 4.50. The predicted octanol–water partition coefficient (Wildman–Crippen LogP) is 2.93. The zero-order valence-electron chi connectivity index (χ0n) is 13.8. The maximum atomic E-state index is 6.07. The number of benzene rings is 1. The molecule has 3 heteroatoms. The Bertz CT molecular complexity index is 415. The second-order valence-electron chi connectivity index (χ2n) is 6.56. The zero-order valence-corrected chi connectivity index (χ0v) is 13.8. The predicted molar refractivity (Wildman–Crippen MR) is 86.2 cm³/mol. The van der Waals surface area contributed by atoms with Crippen LogP contribution in [0.2, 0.25) is 0 Å². The van der Waals surface area contributed by atoms with Crippen LogP contribution in [0, 0.1) is 5.41 Å². The Labute approximate surface area is 124 Å². The van der Waals surface area contributed by atoms with Crippen LogP contribution in [-0.4, -0.2) is 37.7 Å². The third-order valence-electron chi connectivity index (χ3n) is 4.35. The molecule has 0 bridgehead atoms. The van der Waals surface area contributed by atoms with Crippen molar-refractivity contribution in [1.29, 1.82) is 0 Å². The Morgan fingerprint density at radius 2 is 1.85 bits per heavy atom. The van der Waals surface area contributed by atoms with E-state index in [1.165, 1.54) is 5.56 Å². The smallest absolute Gasteiger partial charge is 0.122 e. The number of ether oxygens (including phenoxy) is 1. The molecule has 2 unspecified atom stereocenters. The van der Waals surface area contributed by atoms with Crippen LogP contribution >= 0.6 is 0 Å². The fourth-order valence-corrected chi connectivity index (χ4v) is 2.29. The molecule has 3 nitrogen and oxygen atoms in total. The molecule has 0 radical (unpaired) electrons. The minimum Gasteiger partial charge on any atom is -0.496 e. The summed E-state index contributed by atoms with van der Waals surface area (Å²) >= 11 is 0. The molecule has 1 rings (SSSR count). The molecule has 0 aliphatic heterocycles. The van der Waals surface area contributed by atoms with Gasteiger partial charge in [0.05, 0.1) is 7.11 Å². The van der Waals surface area contributed by atoms with E-state index in [-0.39, 0.29) is 11.5 Å². The van der Waals surface area contributed by atoms with E-state index in [2.05, 4.69) is 51.8 Å². The topological polar surface area (TPSA) is 38.5 Å². The van der Waals surface area contributed by atoms with Gasteiger partial charge in [0.1, 0.15) is 5.75 Å². The third-order valence-corrected chi connectivity index (χ3v) is 4.35. The SMILES string of the molecule is COc1ccccc1CC(C)N(C)CC(C)(C)C(C)N. The number of likely N-dealkylation sites (N-methyl/N-ethyl adjacent to an activating group) is 1. The molecule has 0 aliphatic carbocycles. The summed E-state index contributed by atoms with van der Waals surface area (Å²) in [5.74, 6) is 0.971. The minimum absolute atomic E-state index is 0.115. The normalized spacial score (nSPS) is 15.2. The van der Waals surface area contributed by atoms with Gasteiger partial charge in [0.25, 0.3) is 0 Å². The van der Waals surface area contributed by atoms with E-state index in [4.69, 9.17) is 10.5 Å². The quantitative estimate of drug-likeness (QED) is 0.833. The molecular weight excluding hydrogens is 248 g/mol. The molecule has 1 aromatic rings. The molecular formula is C17H30N2O. The van der Waals surface area contributed by atoms with Gasteiger partial charge in [-0.1, -0.05) is 32.0 Å². The van der Waals surface area contributed by atoms with Gasteiger partial charge in [-0.15, -0.1) is 0 Å². The molecule has 0 aromatic heterocycles. The highest BCUT2D eigenvalue weighted by Crippen LogP contribution is 2.24. The summed E-state index contributed by atoms with van der Waals surface area (Å²) in [6.45, 7) is 9.78. The molecule has 0 fully saturated rings. The first kappa shape index (κ1) is 17.0. The maximum absolute atomic E-state index is 6.07. The minimum atomic E-state index is 0.115. The van der Waals surface area contributed by atoms with Crippen molar-refractivity contribution in [2.45, 2.75) is 46.2 Å². The monoisotopic (exact) mass is 278 g/mol. The first-order valence-corrected chi connectivity index (χ1v) is 7.35. The molecule has 0 amide bonds. The first-order valence-electron chi connectivity index (χ1n) is 7.35. The lowest BCUT2D eigenvalue weighted by atomic mass is 9.85. The van der Waals surface area contributed by atoms with Gasteiger partial charge in [-0.2, -0.15) is 0 Å². The number of para-hydroxylation sites is 1. The lowest BCUT2D eigenvalue weighted by Gasteiger charge is -2.36. The van der Waals surface area contributed by atoms with Crippen molar-refractivity contribution in [1.82, 2.24) is 4.90 Å². The maximum Gasteiger partial charge on any atom is 0.122 e. The van der Waals surface area contributed by atoms with Crippen LogP contribution < -0.4 is 10.5 Å². The van der Waals surface area contributed by atoms with Crippen LogP contribution in [0.15, 0.2) is 24.3 Å². The molecule has 1 aromatic carbocycles. The van der Waals surface area contributed by atoms with Crippen LogP contribution in [0.1, 0.15) is 33.3 Å². The van der Waals surface area contributed by atoms with Crippen molar-refractivity contribution >= 4 is 0 Å². The summed E-state index contributed by atoms with van der Waals surface area (Å²) in [4.78, 5) is 2.38. The number of nitrogens with zero attached hydrogens (tertiary/aromatic N) is 1. The molecule has 0 saturated heterocycles. The van der Waals surface area contributed by atoms with Crippen molar-refractivity contribution in [3.05, 3.63) is 29.8 Å². The highest BCUT2D eigenvalue weighted by molar-refractivity contribution is 5.33. The van der Waals surface area contributed by atoms with Gasteiger partial charge < -0.3 is 15.4 Å². The van der Waals surface area contributed by atoms with Gasteiger partial charge in [-0.25, -0.2) is 0 Å². The van der Waals surface area contributed by atoms with Gasteiger partial charge in [0.15, 0.2) is 0 Å². The van der Waals surface area contributed by atoms with E-state index in [1.807, 2.05) is 12.1 Å². The number of hydrogen-bond donors (Lipinski definition) is 1. The van der Waals surface area contributed by atoms with E-state index in [0.29, 0.717) is 6.04 Å². The van der Waals surface area contributed by atoms with Crippen LogP contribution in [0.4, 0.5) is 0 Å². The summed E-state index contributed by atoms with van der Waals surface area (Å²) < 4.78 is 5.43. The highest BCUT2D eigenvalue weighted by Gasteiger charge is 2.26. The van der Waals surface area contributed by atoms with Crippen molar-refractivity contribution in [3.63, 3.8) is 0 Å². The van der Waals surface area contributed by atoms with Gasteiger partial charge in [0.2, 0.25) is 0 Å². The first-order chi connectivity index (χ1) is 9.27. The summed E-state index contributed by atoms with van der Waals surface area (Å²) in [5, 5.41) is 0. The Balaban J connectivity index is 2.68. The number of rotatable bonds is 7. The number of methoxy groups -OCH3 is 1. The Morgan fingerprint density at radius 1 is 1.25 bits per heavy atom. The van der Waals surface area contributed by atoms with Crippen molar-refractivity contribution in [3.8, 4) is 5.75 Å². The summed E-state index contributed by atoms with van der Waals surface area (Å²) in [6, 6.07) is 8.87. The molecule has 0 heterocycles. The van der Waals surface area contributed by atoms with Crippen molar-refractivity contribution in [2.75, 3.05) is 20.7 Å². The van der Waals surface area contributed by atoms with Gasteiger partial charge in [-0.3, -0.25) is 0 Å². The second-order valence-corrected chi connectivity index (χ2v) is 6.56. The van der Waals surface area contributed by atoms with Crippen molar-refractivity contribution < 1.29 is 4.74 Å². The Hall–Kier alpha value is -1.06. The van der Waals surface area contributed by atoms with E-state index in [0.717, 1.165) is 18.7 Å². The average Bonchev–Trinajstić information content (AvgIpc) is 2.38. The highest BCUT2D eigenvalue weighted by atomic mass is 16.5. The van der Waals surface area contributed by atoms with Crippen LogP contribution in [0.3, 0.4) is 0 Å². The summed E-state index contributed by atoms with van der Waals surface area (Å²) in [7, 11) is 3.90. The molecule has 0 spiro atoms. The Kier molecular flexibility index (Phi) is 6.03. The standard InChI is InChI=1S/C17H30N2O/c1-13(19(5)12-17(3,4)14(2)18)11-15-9-7-8-10-16(15)20-6/h7-10,13-14H,11-12,18H2,1-6H3. The molecule has 0 aliphatic rings. The van der Waals surface area contributed by atoms with Gasteiger partial charge >= 0.3 is 0 Å². The van der Waals surface area contributed by atoms with Crippen molar-refractivity contribution in [2.24, 2.45) is 11.1 Å². The van der Waals surface area contributed by atoms with Crippen LogP contribution in [0.5, 0.6) is 5.75 Å². The molecule has 0 saturated carbocycles. The molecule has 2 N–H and O–H groups in total. The zero-order chi connectivity index (χ0) is 15.3. The van der Waals surface area contributed by atoms with E-state index in [9.17, 15) is 0 Å². The summed E-state index contributed by atoms with van der Waals surface area (Å²) in [5.41, 5.74) is 7.44. The molecule has 2 atom stereocenters. The summed E-state index contributed by atoms with van der Waals surface area (Å²) in [6.07, 6.45) is 0.982. The van der Waals surface area contributed by atoms with Gasteiger partial charge in [-0.05, 0) is 44.4 Å². The second kappa shape index (κ2) is 7.09. The van der Waals surface area contributed by atoms with Crippen LogP contribution in [0.25, 0.3) is 0 Å². The van der Waals surface area contributed by atoms with E-state index in [1.54, 1.807) is 7.11 Å². The lowest BCUT2D eigenvalue weighted by molar-refractivity contribution is 0.148. The van der Waals surface area contributed by atoms with E-state index < -0.39 is 0 Å². The fourth-order valence-electron chi connectivity index (χ4n) is 2.29. The molecule has 114 valence electrons. The number of hydrogen-bond acceptors (Lipinski definition) is 3. The largest absolute Gasteiger partial charge is 0.496 e. The number of nitrogens with two attached hydrogens (primary N) is 1. The van der Waals surface area contributed by atoms with Gasteiger partial charge in [0, 0.05) is 18.6 Å². The average molecular weight is 278 g/mol. The Morgan fingerprint density at radius 3 is 2.40 bits per heavy atom. The van der Waals surface area contributed by atoms with E-state index >= 15 is 0 Å². The fraction of sp³-hybridized carbons (Fsp3) is 0.647. The molecule has 20 heavy (non-hydrogen) atoms. The lowest BCUT2D eigenvalue weighted by Crippen LogP contribution is -2.46. The van der Waals surface area contributed by atoms with Crippen LogP contribution in [-0.2, 0) is 6.42 Å².